The van der Waals surface area contributed by atoms with Crippen LogP contribution in [-0.4, -0.2) is 31.1 Å². The average molecular weight is 261 g/mol. The molecule has 1 atom stereocenters. The van der Waals surface area contributed by atoms with Crippen molar-refractivity contribution in [2.24, 2.45) is 0 Å². The Morgan fingerprint density at radius 2 is 1.95 bits per heavy atom. The molecule has 0 radical (unpaired) electrons. The van der Waals surface area contributed by atoms with Crippen molar-refractivity contribution in [1.29, 1.82) is 0 Å². The van der Waals surface area contributed by atoms with Crippen molar-refractivity contribution in [3.05, 3.63) is 36.0 Å². The summed E-state index contributed by atoms with van der Waals surface area (Å²) in [7, 11) is 2.60. The maximum Gasteiger partial charge on any atom is 0.313 e. The van der Waals surface area contributed by atoms with Crippen molar-refractivity contribution in [2.45, 2.75) is 12.3 Å². The van der Waals surface area contributed by atoms with Crippen LogP contribution in [0.15, 0.2) is 30.5 Å². The fourth-order valence-corrected chi connectivity index (χ4v) is 2.09. The first-order valence-corrected chi connectivity index (χ1v) is 5.88. The van der Waals surface area contributed by atoms with Crippen molar-refractivity contribution in [3.63, 3.8) is 0 Å². The Kier molecular flexibility index (Phi) is 3.85. The summed E-state index contributed by atoms with van der Waals surface area (Å²) in [6.07, 6.45) is 1.69. The number of benzene rings is 1. The van der Waals surface area contributed by atoms with Gasteiger partial charge in [-0.15, -0.1) is 0 Å². The third-order valence-electron chi connectivity index (χ3n) is 3.08. The van der Waals surface area contributed by atoms with E-state index in [9.17, 15) is 9.59 Å². The second-order valence-electron chi connectivity index (χ2n) is 4.15. The third kappa shape index (κ3) is 2.59. The van der Waals surface area contributed by atoms with Crippen LogP contribution >= 0.6 is 0 Å². The van der Waals surface area contributed by atoms with E-state index in [1.54, 1.807) is 6.20 Å². The lowest BCUT2D eigenvalue weighted by Crippen LogP contribution is -2.18. The standard InChI is InChI=1S/C14H15NO4/c1-18-13(16)7-10(14(17)19-2)11-8-15-12-6-4-3-5-9(11)12/h3-6,8,10,15H,7H2,1-2H3. The Morgan fingerprint density at radius 1 is 1.21 bits per heavy atom. The smallest absolute Gasteiger partial charge is 0.313 e. The number of para-hydroxylation sites is 1. The molecule has 5 nitrogen and oxygen atoms in total. The molecule has 0 saturated heterocycles. The number of ether oxygens (including phenoxy) is 2. The van der Waals surface area contributed by atoms with Crippen LogP contribution in [0.3, 0.4) is 0 Å². The summed E-state index contributed by atoms with van der Waals surface area (Å²) < 4.78 is 9.40. The number of aromatic amines is 1. The monoisotopic (exact) mass is 261 g/mol. The van der Waals surface area contributed by atoms with Gasteiger partial charge >= 0.3 is 11.9 Å². The molecule has 1 aromatic carbocycles. The summed E-state index contributed by atoms with van der Waals surface area (Å²) in [5.74, 6) is -1.55. The van der Waals surface area contributed by atoms with Crippen molar-refractivity contribution >= 4 is 22.8 Å². The van der Waals surface area contributed by atoms with Crippen LogP contribution in [0, 0.1) is 0 Å². The molecule has 2 rings (SSSR count). The quantitative estimate of drug-likeness (QED) is 0.854. The zero-order valence-electron chi connectivity index (χ0n) is 10.8. The maximum absolute atomic E-state index is 11.9. The van der Waals surface area contributed by atoms with E-state index in [1.165, 1.54) is 14.2 Å². The van der Waals surface area contributed by atoms with Gasteiger partial charge in [-0.2, -0.15) is 0 Å². The van der Waals surface area contributed by atoms with Gasteiger partial charge in [-0.25, -0.2) is 0 Å². The molecule has 1 heterocycles. The second-order valence-corrected chi connectivity index (χ2v) is 4.15. The number of hydrogen-bond acceptors (Lipinski definition) is 4. The molecule has 0 bridgehead atoms. The molecule has 5 heteroatoms. The molecule has 19 heavy (non-hydrogen) atoms. The van der Waals surface area contributed by atoms with Crippen molar-refractivity contribution in [2.75, 3.05) is 14.2 Å². The van der Waals surface area contributed by atoms with Gasteiger partial charge in [0, 0.05) is 17.1 Å². The average Bonchev–Trinajstić information content (AvgIpc) is 2.87. The Balaban J connectivity index is 2.42. The number of carbonyl (C=O) groups excluding carboxylic acids is 2. The summed E-state index contributed by atoms with van der Waals surface area (Å²) in [5.41, 5.74) is 1.66. The number of H-pyrrole nitrogens is 1. The highest BCUT2D eigenvalue weighted by atomic mass is 16.5. The number of aromatic nitrogens is 1. The van der Waals surface area contributed by atoms with Crippen molar-refractivity contribution in [1.82, 2.24) is 4.98 Å². The Morgan fingerprint density at radius 3 is 2.63 bits per heavy atom. The Labute approximate surface area is 110 Å². The minimum Gasteiger partial charge on any atom is -0.469 e. The van der Waals surface area contributed by atoms with E-state index in [0.717, 1.165) is 16.5 Å². The molecule has 0 aliphatic rings. The largest absolute Gasteiger partial charge is 0.469 e. The predicted octanol–water partition coefficient (Wildman–Crippen LogP) is 1.99. The van der Waals surface area contributed by atoms with Crippen LogP contribution in [-0.2, 0) is 19.1 Å². The van der Waals surface area contributed by atoms with E-state index in [2.05, 4.69) is 9.72 Å². The molecule has 0 saturated carbocycles. The van der Waals surface area contributed by atoms with Gasteiger partial charge in [0.15, 0.2) is 0 Å². The minimum absolute atomic E-state index is 0.0367. The molecule has 1 unspecified atom stereocenters. The van der Waals surface area contributed by atoms with Gasteiger partial charge in [-0.1, -0.05) is 18.2 Å². The molecule has 2 aromatic rings. The Hall–Kier alpha value is -2.30. The zero-order valence-corrected chi connectivity index (χ0v) is 10.8. The number of fused-ring (bicyclic) bond motifs is 1. The highest BCUT2D eigenvalue weighted by Crippen LogP contribution is 2.29. The maximum atomic E-state index is 11.9. The lowest BCUT2D eigenvalue weighted by atomic mass is 9.95. The molecule has 0 amide bonds. The number of esters is 2. The van der Waals surface area contributed by atoms with Crippen LogP contribution in [0.1, 0.15) is 17.9 Å². The molecule has 1 N–H and O–H groups in total. The van der Waals surface area contributed by atoms with Gasteiger partial charge in [0.05, 0.1) is 26.6 Å². The third-order valence-corrected chi connectivity index (χ3v) is 3.08. The van der Waals surface area contributed by atoms with Gasteiger partial charge < -0.3 is 14.5 Å². The van der Waals surface area contributed by atoms with Gasteiger partial charge in [-0.05, 0) is 11.6 Å². The molecule has 0 aliphatic carbocycles. The van der Waals surface area contributed by atoms with E-state index < -0.39 is 17.9 Å². The number of methoxy groups -OCH3 is 2. The van der Waals surface area contributed by atoms with E-state index in [4.69, 9.17) is 4.74 Å². The summed E-state index contributed by atoms with van der Waals surface area (Å²) in [5, 5.41) is 0.904. The Bertz CT molecular complexity index is 602. The van der Waals surface area contributed by atoms with Crippen LogP contribution in [0.5, 0.6) is 0 Å². The first-order chi connectivity index (χ1) is 9.17. The summed E-state index contributed by atoms with van der Waals surface area (Å²) >= 11 is 0. The summed E-state index contributed by atoms with van der Waals surface area (Å²) in [6, 6.07) is 7.59. The molecule has 1 aromatic heterocycles. The molecule has 0 fully saturated rings. The van der Waals surface area contributed by atoms with Gasteiger partial charge in [0.25, 0.3) is 0 Å². The first-order valence-electron chi connectivity index (χ1n) is 5.88. The number of nitrogens with one attached hydrogen (secondary N) is 1. The SMILES string of the molecule is COC(=O)CC(C(=O)OC)c1c[nH]c2ccccc12. The number of hydrogen-bond donors (Lipinski definition) is 1. The fraction of sp³-hybridized carbons (Fsp3) is 0.286. The first kappa shape index (κ1) is 13.1. The van der Waals surface area contributed by atoms with Gasteiger partial charge in [-0.3, -0.25) is 9.59 Å². The van der Waals surface area contributed by atoms with E-state index in [0.29, 0.717) is 0 Å². The topological polar surface area (TPSA) is 68.4 Å². The molecular formula is C14H15NO4. The predicted molar refractivity (Wildman–Crippen MR) is 69.7 cm³/mol. The van der Waals surface area contributed by atoms with Crippen LogP contribution in [0.4, 0.5) is 0 Å². The van der Waals surface area contributed by atoms with Crippen LogP contribution in [0.2, 0.25) is 0 Å². The zero-order chi connectivity index (χ0) is 13.8. The molecule has 0 aliphatic heterocycles. The molecule has 0 spiro atoms. The normalized spacial score (nSPS) is 12.1. The van der Waals surface area contributed by atoms with E-state index in [-0.39, 0.29) is 6.42 Å². The van der Waals surface area contributed by atoms with Crippen molar-refractivity contribution in [3.8, 4) is 0 Å². The number of rotatable bonds is 4. The van der Waals surface area contributed by atoms with Crippen LogP contribution < -0.4 is 0 Å². The summed E-state index contributed by atoms with van der Waals surface area (Å²) in [6.45, 7) is 0. The van der Waals surface area contributed by atoms with Crippen LogP contribution in [0.25, 0.3) is 10.9 Å². The highest BCUT2D eigenvalue weighted by molar-refractivity contribution is 5.92. The van der Waals surface area contributed by atoms with Gasteiger partial charge in [0.1, 0.15) is 0 Å². The highest BCUT2D eigenvalue weighted by Gasteiger charge is 2.27. The minimum atomic E-state index is -0.659. The lowest BCUT2D eigenvalue weighted by molar-refractivity contribution is -0.148. The van der Waals surface area contributed by atoms with Crippen molar-refractivity contribution < 1.29 is 19.1 Å². The summed E-state index contributed by atoms with van der Waals surface area (Å²) in [4.78, 5) is 26.4. The number of carbonyl (C=O) groups is 2. The second kappa shape index (κ2) is 5.56. The molecular weight excluding hydrogens is 246 g/mol. The lowest BCUT2D eigenvalue weighted by Gasteiger charge is -2.12. The van der Waals surface area contributed by atoms with E-state index in [1.807, 2.05) is 24.3 Å². The molecule has 100 valence electrons. The van der Waals surface area contributed by atoms with Gasteiger partial charge in [0.2, 0.25) is 0 Å². The van der Waals surface area contributed by atoms with E-state index >= 15 is 0 Å². The fourth-order valence-electron chi connectivity index (χ4n) is 2.09.